The fourth-order valence-corrected chi connectivity index (χ4v) is 4.59. The second kappa shape index (κ2) is 8.56. The Morgan fingerprint density at radius 2 is 1.97 bits per heavy atom. The van der Waals surface area contributed by atoms with Gasteiger partial charge in [0.25, 0.3) is 5.91 Å². The van der Waals surface area contributed by atoms with Crippen LogP contribution in [0.4, 0.5) is 5.69 Å². The van der Waals surface area contributed by atoms with Gasteiger partial charge in [-0.15, -0.1) is 0 Å². The maximum Gasteiger partial charge on any atom is 0.252 e. The van der Waals surface area contributed by atoms with Crippen molar-refractivity contribution in [1.29, 1.82) is 0 Å². The van der Waals surface area contributed by atoms with Crippen molar-refractivity contribution in [1.82, 2.24) is 10.2 Å². The summed E-state index contributed by atoms with van der Waals surface area (Å²) in [5.74, 6) is 1.89. The van der Waals surface area contributed by atoms with E-state index in [0.717, 1.165) is 81.2 Å². The molecule has 0 aliphatic carbocycles. The molecule has 3 heterocycles. The van der Waals surface area contributed by atoms with Gasteiger partial charge in [-0.25, -0.2) is 0 Å². The van der Waals surface area contributed by atoms with E-state index in [4.69, 9.17) is 9.47 Å². The summed E-state index contributed by atoms with van der Waals surface area (Å²) in [5.41, 5.74) is 4.41. The molecule has 0 saturated carbocycles. The number of para-hydroxylation sites is 1. The average Bonchev–Trinajstić information content (AvgIpc) is 3.17. The molecule has 2 aromatic carbocycles. The van der Waals surface area contributed by atoms with E-state index in [1.54, 1.807) is 0 Å². The molecule has 0 aromatic heterocycles. The van der Waals surface area contributed by atoms with E-state index in [-0.39, 0.29) is 5.91 Å². The number of aryl methyl sites for hydroxylation is 1. The van der Waals surface area contributed by atoms with Crippen LogP contribution in [0.2, 0.25) is 0 Å². The van der Waals surface area contributed by atoms with Crippen molar-refractivity contribution < 1.29 is 14.3 Å². The van der Waals surface area contributed by atoms with E-state index in [9.17, 15) is 4.79 Å². The number of nitrogens with one attached hydrogen (secondary N) is 1. The summed E-state index contributed by atoms with van der Waals surface area (Å²) < 4.78 is 11.9. The largest absolute Gasteiger partial charge is 0.494 e. The molecule has 0 bridgehead atoms. The first-order valence-corrected chi connectivity index (χ1v) is 11.0. The monoisotopic (exact) mass is 407 g/mol. The number of rotatable bonds is 6. The van der Waals surface area contributed by atoms with Gasteiger partial charge in [0.05, 0.1) is 18.9 Å². The summed E-state index contributed by atoms with van der Waals surface area (Å²) in [7, 11) is 0. The van der Waals surface area contributed by atoms with Gasteiger partial charge in [-0.1, -0.05) is 18.2 Å². The zero-order valence-corrected chi connectivity index (χ0v) is 17.4. The van der Waals surface area contributed by atoms with Crippen LogP contribution in [0.1, 0.15) is 34.3 Å². The van der Waals surface area contributed by atoms with Crippen molar-refractivity contribution in [3.05, 3.63) is 53.1 Å². The van der Waals surface area contributed by atoms with Gasteiger partial charge in [0.2, 0.25) is 0 Å². The molecule has 1 N–H and O–H groups in total. The third-order valence-electron chi connectivity index (χ3n) is 6.28. The van der Waals surface area contributed by atoms with E-state index < -0.39 is 0 Å². The maximum absolute atomic E-state index is 11.8. The predicted octanol–water partition coefficient (Wildman–Crippen LogP) is 2.85. The molecule has 1 fully saturated rings. The molecule has 0 unspecified atom stereocenters. The summed E-state index contributed by atoms with van der Waals surface area (Å²) in [6.45, 7) is 7.33. The first-order chi connectivity index (χ1) is 14.8. The van der Waals surface area contributed by atoms with Crippen molar-refractivity contribution >= 4 is 11.6 Å². The van der Waals surface area contributed by atoms with E-state index in [1.165, 1.54) is 11.3 Å². The second-order valence-electron chi connectivity index (χ2n) is 8.25. The number of anilines is 1. The summed E-state index contributed by atoms with van der Waals surface area (Å²) in [5, 5.41) is 2.84. The molecule has 3 aliphatic rings. The molecule has 3 aliphatic heterocycles. The summed E-state index contributed by atoms with van der Waals surface area (Å²) in [6, 6.07) is 12.4. The molecule has 6 nitrogen and oxygen atoms in total. The number of hydrogen-bond donors (Lipinski definition) is 1. The highest BCUT2D eigenvalue weighted by atomic mass is 16.5. The molecule has 5 rings (SSSR count). The van der Waals surface area contributed by atoms with Gasteiger partial charge < -0.3 is 19.7 Å². The number of benzene rings is 2. The Morgan fingerprint density at radius 1 is 1.07 bits per heavy atom. The maximum atomic E-state index is 11.8. The molecule has 6 heteroatoms. The van der Waals surface area contributed by atoms with Crippen molar-refractivity contribution in [3.63, 3.8) is 0 Å². The van der Waals surface area contributed by atoms with E-state index in [2.05, 4.69) is 33.3 Å². The minimum absolute atomic E-state index is 0.00148. The van der Waals surface area contributed by atoms with Crippen LogP contribution in [0.15, 0.2) is 36.4 Å². The lowest BCUT2D eigenvalue weighted by Gasteiger charge is -2.37. The number of amides is 1. The van der Waals surface area contributed by atoms with Crippen molar-refractivity contribution in [2.24, 2.45) is 0 Å². The third-order valence-corrected chi connectivity index (χ3v) is 6.28. The molecule has 0 atom stereocenters. The number of carbonyl (C=O) groups excluding carboxylic acids is 1. The second-order valence-corrected chi connectivity index (χ2v) is 8.25. The number of nitrogens with zero attached hydrogens (tertiary/aromatic N) is 2. The molecular formula is C24H29N3O3. The molecule has 2 aromatic rings. The Labute approximate surface area is 177 Å². The standard InChI is InChI=1S/C24H29N3O3/c28-24-21-16-20(8-7-19(21)17-25-24)29-15-3-9-26-10-12-27(13-11-26)22-6-1-4-18-5-2-14-30-23(18)22/h1,4,6-8,16H,2-3,5,9-15,17H2,(H,25,28). The Balaban J connectivity index is 1.08. The molecule has 1 amide bonds. The lowest BCUT2D eigenvalue weighted by Crippen LogP contribution is -2.47. The van der Waals surface area contributed by atoms with E-state index in [1.807, 2.05) is 18.2 Å². The molecule has 30 heavy (non-hydrogen) atoms. The van der Waals surface area contributed by atoms with E-state index in [0.29, 0.717) is 13.2 Å². The quantitative estimate of drug-likeness (QED) is 0.747. The Morgan fingerprint density at radius 3 is 2.87 bits per heavy atom. The molecular weight excluding hydrogens is 378 g/mol. The smallest absolute Gasteiger partial charge is 0.252 e. The number of piperazine rings is 1. The Kier molecular flexibility index (Phi) is 5.49. The number of fused-ring (bicyclic) bond motifs is 2. The van der Waals surface area contributed by atoms with Gasteiger partial charge in [-0.05, 0) is 48.6 Å². The van der Waals surface area contributed by atoms with Crippen LogP contribution < -0.4 is 19.7 Å². The summed E-state index contributed by atoms with van der Waals surface area (Å²) in [4.78, 5) is 16.7. The highest BCUT2D eigenvalue weighted by Gasteiger charge is 2.23. The van der Waals surface area contributed by atoms with E-state index >= 15 is 0 Å². The number of hydrogen-bond acceptors (Lipinski definition) is 5. The van der Waals surface area contributed by atoms with Crippen LogP contribution >= 0.6 is 0 Å². The topological polar surface area (TPSA) is 54.0 Å². The molecule has 1 saturated heterocycles. The molecule has 0 spiro atoms. The first-order valence-electron chi connectivity index (χ1n) is 11.0. The molecule has 0 radical (unpaired) electrons. The minimum atomic E-state index is -0.00148. The number of carbonyl (C=O) groups is 1. The van der Waals surface area contributed by atoms with Gasteiger partial charge in [-0.3, -0.25) is 9.69 Å². The van der Waals surface area contributed by atoms with Crippen molar-refractivity contribution in [2.45, 2.75) is 25.8 Å². The summed E-state index contributed by atoms with van der Waals surface area (Å²) >= 11 is 0. The average molecular weight is 408 g/mol. The Bertz CT molecular complexity index is 922. The van der Waals surface area contributed by atoms with Gasteiger partial charge in [-0.2, -0.15) is 0 Å². The third kappa shape index (κ3) is 3.97. The van der Waals surface area contributed by atoms with Crippen LogP contribution in [0.3, 0.4) is 0 Å². The lowest BCUT2D eigenvalue weighted by molar-refractivity contribution is 0.0965. The van der Waals surface area contributed by atoms with Crippen molar-refractivity contribution in [3.8, 4) is 11.5 Å². The van der Waals surface area contributed by atoms with Gasteiger partial charge in [0.1, 0.15) is 11.5 Å². The Hall–Kier alpha value is -2.73. The zero-order valence-electron chi connectivity index (χ0n) is 17.4. The van der Waals surface area contributed by atoms with Crippen LogP contribution in [0, 0.1) is 0 Å². The SMILES string of the molecule is O=C1NCc2ccc(OCCCN3CCN(c4cccc5c4OCCC5)CC3)cc21. The van der Waals surface area contributed by atoms with Crippen LogP contribution in [0.5, 0.6) is 11.5 Å². The normalized spacial score (nSPS) is 18.4. The van der Waals surface area contributed by atoms with Gasteiger partial charge in [0, 0.05) is 44.8 Å². The fraction of sp³-hybridized carbons (Fsp3) is 0.458. The first kappa shape index (κ1) is 19.2. The number of ether oxygens (including phenoxy) is 2. The van der Waals surface area contributed by atoms with Crippen LogP contribution in [-0.2, 0) is 13.0 Å². The van der Waals surface area contributed by atoms with Crippen molar-refractivity contribution in [2.75, 3.05) is 50.8 Å². The van der Waals surface area contributed by atoms with Gasteiger partial charge in [0.15, 0.2) is 0 Å². The predicted molar refractivity (Wildman–Crippen MR) is 117 cm³/mol. The van der Waals surface area contributed by atoms with Gasteiger partial charge >= 0.3 is 0 Å². The highest BCUT2D eigenvalue weighted by molar-refractivity contribution is 5.98. The molecule has 158 valence electrons. The van der Waals surface area contributed by atoms with Crippen LogP contribution in [-0.4, -0.2) is 56.7 Å². The minimum Gasteiger partial charge on any atom is -0.494 e. The lowest BCUT2D eigenvalue weighted by atomic mass is 10.0. The fourth-order valence-electron chi connectivity index (χ4n) is 4.59. The zero-order chi connectivity index (χ0) is 20.3. The summed E-state index contributed by atoms with van der Waals surface area (Å²) in [6.07, 6.45) is 3.22. The highest BCUT2D eigenvalue weighted by Crippen LogP contribution is 2.35. The van der Waals surface area contributed by atoms with Crippen LogP contribution in [0.25, 0.3) is 0 Å².